The molecule has 2 aromatic carbocycles. The number of aliphatic carboxylic acids is 1. The summed E-state index contributed by atoms with van der Waals surface area (Å²) in [5.41, 5.74) is 3.56. The minimum absolute atomic E-state index is 0.00417. The fourth-order valence-electron chi connectivity index (χ4n) is 2.01. The summed E-state index contributed by atoms with van der Waals surface area (Å²) in [5, 5.41) is 20.2. The van der Waals surface area contributed by atoms with Crippen LogP contribution < -0.4 is 5.73 Å². The highest BCUT2D eigenvalue weighted by Crippen LogP contribution is 2.30. The molecule has 0 aliphatic carbocycles. The van der Waals surface area contributed by atoms with Crippen LogP contribution in [0.2, 0.25) is 0 Å². The van der Waals surface area contributed by atoms with Crippen molar-refractivity contribution in [1.29, 1.82) is 0 Å². The van der Waals surface area contributed by atoms with E-state index >= 15 is 0 Å². The van der Waals surface area contributed by atoms with E-state index < -0.39 is 22.2 Å². The summed E-state index contributed by atoms with van der Waals surface area (Å²) in [4.78, 5) is 21.7. The molecule has 0 heterocycles. The molecule has 0 saturated heterocycles. The zero-order chi connectivity index (χ0) is 15.6. The van der Waals surface area contributed by atoms with Crippen LogP contribution in [0.1, 0.15) is 11.1 Å². The van der Waals surface area contributed by atoms with E-state index in [1.165, 1.54) is 30.3 Å². The van der Waals surface area contributed by atoms with Crippen molar-refractivity contribution >= 4 is 11.7 Å². The van der Waals surface area contributed by atoms with Gasteiger partial charge in [0.25, 0.3) is 5.69 Å². The maximum absolute atomic E-state index is 13.3. The van der Waals surface area contributed by atoms with Crippen LogP contribution >= 0.6 is 0 Å². The number of carboxylic acid groups (broad SMARTS) is 1. The van der Waals surface area contributed by atoms with Crippen molar-refractivity contribution in [1.82, 2.24) is 0 Å². The first-order valence-corrected chi connectivity index (χ1v) is 5.89. The Balaban J connectivity index is 2.65. The number of nitrogens with zero attached hydrogens (tertiary/aromatic N) is 1. The van der Waals surface area contributed by atoms with Gasteiger partial charge in [-0.2, -0.15) is 0 Å². The van der Waals surface area contributed by atoms with E-state index in [1.54, 1.807) is 0 Å². The van der Waals surface area contributed by atoms with Gasteiger partial charge in [-0.15, -0.1) is 0 Å². The maximum atomic E-state index is 13.3. The summed E-state index contributed by atoms with van der Waals surface area (Å²) < 4.78 is 13.3. The molecule has 0 amide bonds. The number of non-ortho nitro benzene ring substituents is 1. The smallest absolute Gasteiger partial charge is 0.333 e. The van der Waals surface area contributed by atoms with E-state index in [0.29, 0.717) is 0 Å². The highest BCUT2D eigenvalue weighted by atomic mass is 19.1. The van der Waals surface area contributed by atoms with Gasteiger partial charge in [-0.3, -0.25) is 10.1 Å². The van der Waals surface area contributed by atoms with Gasteiger partial charge in [-0.05, 0) is 23.3 Å². The second-order valence-corrected chi connectivity index (χ2v) is 4.43. The van der Waals surface area contributed by atoms with Crippen LogP contribution in [0, 0.1) is 15.9 Å². The van der Waals surface area contributed by atoms with Gasteiger partial charge in [0.1, 0.15) is 5.82 Å². The zero-order valence-electron chi connectivity index (χ0n) is 10.7. The average Bonchev–Trinajstić information content (AvgIpc) is 2.46. The normalized spacial score (nSPS) is 13.4. The van der Waals surface area contributed by atoms with Crippen LogP contribution in [-0.2, 0) is 10.3 Å². The molecule has 21 heavy (non-hydrogen) atoms. The summed E-state index contributed by atoms with van der Waals surface area (Å²) in [5.74, 6) is -2.08. The molecule has 2 rings (SSSR count). The topological polar surface area (TPSA) is 106 Å². The van der Waals surface area contributed by atoms with Gasteiger partial charge < -0.3 is 10.8 Å². The first-order chi connectivity index (χ1) is 9.85. The number of hydrogen-bond acceptors (Lipinski definition) is 4. The molecule has 2 aromatic rings. The van der Waals surface area contributed by atoms with Gasteiger partial charge in [0, 0.05) is 12.1 Å². The van der Waals surface area contributed by atoms with Crippen molar-refractivity contribution in [3.8, 4) is 0 Å². The summed E-state index contributed by atoms with van der Waals surface area (Å²) in [7, 11) is 0. The maximum Gasteiger partial charge on any atom is 0.333 e. The number of carbonyl (C=O) groups is 1. The van der Waals surface area contributed by atoms with E-state index in [-0.39, 0.29) is 16.8 Å². The van der Waals surface area contributed by atoms with Crippen molar-refractivity contribution in [2.75, 3.05) is 0 Å². The predicted octanol–water partition coefficient (Wildman–Crippen LogP) is 2.02. The van der Waals surface area contributed by atoms with Crippen molar-refractivity contribution < 1.29 is 19.2 Å². The first kappa shape index (κ1) is 14.6. The van der Waals surface area contributed by atoms with E-state index in [1.807, 2.05) is 0 Å². The molecule has 0 aromatic heterocycles. The number of benzene rings is 2. The van der Waals surface area contributed by atoms with E-state index in [9.17, 15) is 24.4 Å². The number of nitro benzene ring substituents is 1. The lowest BCUT2D eigenvalue weighted by Crippen LogP contribution is -2.46. The van der Waals surface area contributed by atoms with Crippen molar-refractivity contribution in [3.63, 3.8) is 0 Å². The van der Waals surface area contributed by atoms with E-state index in [0.717, 1.165) is 18.2 Å². The monoisotopic (exact) mass is 290 g/mol. The number of carboxylic acids is 1. The molecule has 0 saturated carbocycles. The Hall–Kier alpha value is -2.80. The van der Waals surface area contributed by atoms with E-state index in [4.69, 9.17) is 5.73 Å². The quantitative estimate of drug-likeness (QED) is 0.661. The summed E-state index contributed by atoms with van der Waals surface area (Å²) in [6.07, 6.45) is 0. The number of rotatable bonds is 4. The Morgan fingerprint density at radius 2 is 1.76 bits per heavy atom. The van der Waals surface area contributed by atoms with Crippen LogP contribution in [0.15, 0.2) is 48.5 Å². The largest absolute Gasteiger partial charge is 0.479 e. The third kappa shape index (κ3) is 2.59. The van der Waals surface area contributed by atoms with Gasteiger partial charge in [0.05, 0.1) is 4.92 Å². The van der Waals surface area contributed by atoms with Crippen LogP contribution in [0.4, 0.5) is 10.1 Å². The van der Waals surface area contributed by atoms with Crippen molar-refractivity contribution in [3.05, 3.63) is 75.6 Å². The fourth-order valence-corrected chi connectivity index (χ4v) is 2.01. The molecular formula is C14H11FN2O4. The molecule has 1 atom stereocenters. The lowest BCUT2D eigenvalue weighted by molar-refractivity contribution is -0.384. The molecule has 3 N–H and O–H groups in total. The number of hydrogen-bond donors (Lipinski definition) is 2. The molecule has 0 spiro atoms. The molecule has 0 bridgehead atoms. The summed E-state index contributed by atoms with van der Waals surface area (Å²) >= 11 is 0. The summed E-state index contributed by atoms with van der Waals surface area (Å²) in [6.45, 7) is 0. The van der Waals surface area contributed by atoms with Gasteiger partial charge in [0.2, 0.25) is 0 Å². The molecule has 0 fully saturated rings. The molecule has 0 aliphatic rings. The standard InChI is InChI=1S/C14H11FN2O4/c15-11-5-1-3-9(7-11)14(16,13(18)19)10-4-2-6-12(8-10)17(20)21/h1-8H,16H2,(H,18,19). The van der Waals surface area contributed by atoms with Gasteiger partial charge in [0.15, 0.2) is 5.54 Å². The van der Waals surface area contributed by atoms with Crippen LogP contribution in [0.3, 0.4) is 0 Å². The first-order valence-electron chi connectivity index (χ1n) is 5.89. The third-order valence-corrected chi connectivity index (χ3v) is 3.13. The van der Waals surface area contributed by atoms with E-state index in [2.05, 4.69) is 0 Å². The zero-order valence-corrected chi connectivity index (χ0v) is 10.7. The highest BCUT2D eigenvalue weighted by Gasteiger charge is 2.39. The summed E-state index contributed by atoms with van der Waals surface area (Å²) in [6, 6.07) is 9.80. The Kier molecular flexibility index (Phi) is 3.68. The fraction of sp³-hybridized carbons (Fsp3) is 0.0714. The van der Waals surface area contributed by atoms with Crippen molar-refractivity contribution in [2.24, 2.45) is 5.73 Å². The number of halogens is 1. The SMILES string of the molecule is NC(C(=O)O)(c1cccc(F)c1)c1cccc([N+](=O)[O-])c1. The molecule has 6 nitrogen and oxygen atoms in total. The van der Waals surface area contributed by atoms with Crippen LogP contribution in [-0.4, -0.2) is 16.0 Å². The Labute approximate surface area is 118 Å². The van der Waals surface area contributed by atoms with Gasteiger partial charge in [-0.25, -0.2) is 9.18 Å². The van der Waals surface area contributed by atoms with Crippen LogP contribution in [0.5, 0.6) is 0 Å². The van der Waals surface area contributed by atoms with Gasteiger partial charge in [-0.1, -0.05) is 24.3 Å². The highest BCUT2D eigenvalue weighted by molar-refractivity contribution is 5.85. The molecule has 0 radical (unpaired) electrons. The number of nitro groups is 1. The lowest BCUT2D eigenvalue weighted by Gasteiger charge is -2.25. The van der Waals surface area contributed by atoms with Crippen molar-refractivity contribution in [2.45, 2.75) is 5.54 Å². The minimum Gasteiger partial charge on any atom is -0.479 e. The number of nitrogens with two attached hydrogens (primary N) is 1. The average molecular weight is 290 g/mol. The second-order valence-electron chi connectivity index (χ2n) is 4.43. The predicted molar refractivity (Wildman–Crippen MR) is 72.1 cm³/mol. The molecular weight excluding hydrogens is 279 g/mol. The second kappa shape index (κ2) is 5.29. The molecule has 7 heteroatoms. The van der Waals surface area contributed by atoms with Crippen LogP contribution in [0.25, 0.3) is 0 Å². The Bertz CT molecular complexity index is 720. The molecule has 0 aliphatic heterocycles. The third-order valence-electron chi connectivity index (χ3n) is 3.13. The lowest BCUT2D eigenvalue weighted by atomic mass is 9.83. The Morgan fingerprint density at radius 1 is 1.19 bits per heavy atom. The van der Waals surface area contributed by atoms with Gasteiger partial charge >= 0.3 is 5.97 Å². The Morgan fingerprint density at radius 3 is 2.29 bits per heavy atom. The molecule has 1 unspecified atom stereocenters. The molecule has 108 valence electrons. The minimum atomic E-state index is -2.08.